The average molecular weight is 319 g/mol. The Morgan fingerprint density at radius 2 is 2.04 bits per heavy atom. The van der Waals surface area contributed by atoms with Crippen LogP contribution in [0.4, 0.5) is 10.6 Å². The Morgan fingerprint density at radius 1 is 1.35 bits per heavy atom. The molecule has 1 aliphatic heterocycles. The summed E-state index contributed by atoms with van der Waals surface area (Å²) in [6.07, 6.45) is 4.02. The van der Waals surface area contributed by atoms with Crippen LogP contribution in [0.1, 0.15) is 26.7 Å². The van der Waals surface area contributed by atoms with Gasteiger partial charge in [-0.25, -0.2) is 9.78 Å². The predicted octanol–water partition coefficient (Wildman–Crippen LogP) is 2.01. The number of hydrogen-bond acceptors (Lipinski definition) is 4. The molecule has 2 N–H and O–H groups in total. The van der Waals surface area contributed by atoms with E-state index in [9.17, 15) is 4.79 Å². The van der Waals surface area contributed by atoms with Gasteiger partial charge in [0.15, 0.2) is 0 Å². The van der Waals surface area contributed by atoms with Crippen LogP contribution in [0, 0.1) is 0 Å². The van der Waals surface area contributed by atoms with Gasteiger partial charge in [0.1, 0.15) is 5.82 Å². The fourth-order valence-electron chi connectivity index (χ4n) is 2.99. The van der Waals surface area contributed by atoms with Crippen LogP contribution in [0.15, 0.2) is 24.4 Å². The van der Waals surface area contributed by atoms with Gasteiger partial charge < -0.3 is 10.2 Å². The third kappa shape index (κ3) is 5.18. The molecule has 0 atom stereocenters. The zero-order chi connectivity index (χ0) is 16.9. The lowest BCUT2D eigenvalue weighted by Crippen LogP contribution is -2.56. The van der Waals surface area contributed by atoms with Gasteiger partial charge in [0, 0.05) is 37.4 Å². The maximum absolute atomic E-state index is 12.0. The molecular weight excluding hydrogens is 290 g/mol. The summed E-state index contributed by atoms with van der Waals surface area (Å²) in [6, 6.07) is 5.91. The van der Waals surface area contributed by atoms with E-state index >= 15 is 0 Å². The van der Waals surface area contributed by atoms with E-state index in [1.165, 1.54) is 12.8 Å². The highest BCUT2D eigenvalue weighted by molar-refractivity contribution is 5.88. The average Bonchev–Trinajstić information content (AvgIpc) is 2.54. The van der Waals surface area contributed by atoms with Crippen LogP contribution in [-0.4, -0.2) is 66.1 Å². The third-order valence-corrected chi connectivity index (χ3v) is 4.64. The van der Waals surface area contributed by atoms with E-state index in [1.807, 2.05) is 12.1 Å². The second-order valence-corrected chi connectivity index (χ2v) is 7.02. The highest BCUT2D eigenvalue weighted by atomic mass is 16.2. The summed E-state index contributed by atoms with van der Waals surface area (Å²) < 4.78 is 0. The van der Waals surface area contributed by atoms with Gasteiger partial charge in [0.25, 0.3) is 0 Å². The molecule has 0 unspecified atom stereocenters. The van der Waals surface area contributed by atoms with E-state index in [-0.39, 0.29) is 11.6 Å². The molecule has 0 aliphatic carbocycles. The summed E-state index contributed by atoms with van der Waals surface area (Å²) in [5.74, 6) is 0.564. The Hall–Kier alpha value is -1.66. The summed E-state index contributed by atoms with van der Waals surface area (Å²) in [6.45, 7) is 7.12. The fourth-order valence-corrected chi connectivity index (χ4v) is 2.99. The molecule has 0 spiro atoms. The molecule has 1 aromatic rings. The van der Waals surface area contributed by atoms with Gasteiger partial charge in [-0.3, -0.25) is 10.2 Å². The van der Waals surface area contributed by atoms with E-state index in [1.54, 1.807) is 12.3 Å². The molecule has 0 bridgehead atoms. The van der Waals surface area contributed by atoms with Crippen molar-refractivity contribution in [1.82, 2.24) is 20.1 Å². The summed E-state index contributed by atoms with van der Waals surface area (Å²) in [7, 11) is 4.30. The van der Waals surface area contributed by atoms with E-state index in [4.69, 9.17) is 0 Å². The minimum atomic E-state index is -0.208. The van der Waals surface area contributed by atoms with Crippen molar-refractivity contribution in [2.45, 2.75) is 38.3 Å². The van der Waals surface area contributed by atoms with E-state index in [2.05, 4.69) is 53.4 Å². The van der Waals surface area contributed by atoms with Crippen molar-refractivity contribution in [3.63, 3.8) is 0 Å². The molecule has 1 aromatic heterocycles. The first kappa shape index (κ1) is 17.7. The van der Waals surface area contributed by atoms with Gasteiger partial charge in [-0.1, -0.05) is 6.07 Å². The summed E-state index contributed by atoms with van der Waals surface area (Å²) >= 11 is 0. The SMILES string of the molecule is CN(C)C1CCN(C(C)(C)CNC(=O)Nc2ccccn2)CC1. The zero-order valence-corrected chi connectivity index (χ0v) is 14.7. The Kier molecular flexibility index (Phi) is 5.96. The van der Waals surface area contributed by atoms with Crippen LogP contribution >= 0.6 is 0 Å². The molecular formula is C17H29N5O. The fraction of sp³-hybridized carbons (Fsp3) is 0.647. The Labute approximate surface area is 139 Å². The first-order valence-corrected chi connectivity index (χ1v) is 8.26. The van der Waals surface area contributed by atoms with Gasteiger partial charge in [-0.15, -0.1) is 0 Å². The van der Waals surface area contributed by atoms with Crippen LogP contribution in [-0.2, 0) is 0 Å². The van der Waals surface area contributed by atoms with E-state index < -0.39 is 0 Å². The molecule has 0 aromatic carbocycles. The second kappa shape index (κ2) is 7.75. The van der Waals surface area contributed by atoms with Crippen LogP contribution in [0.2, 0.25) is 0 Å². The van der Waals surface area contributed by atoms with Crippen LogP contribution in [0.3, 0.4) is 0 Å². The van der Waals surface area contributed by atoms with Crippen LogP contribution in [0.25, 0.3) is 0 Å². The number of nitrogens with zero attached hydrogens (tertiary/aromatic N) is 3. The lowest BCUT2D eigenvalue weighted by molar-refractivity contribution is 0.0634. The first-order valence-electron chi connectivity index (χ1n) is 8.26. The number of carbonyl (C=O) groups is 1. The summed E-state index contributed by atoms with van der Waals surface area (Å²) in [5, 5.41) is 5.71. The van der Waals surface area contributed by atoms with Gasteiger partial charge in [0.05, 0.1) is 0 Å². The van der Waals surface area contributed by atoms with Gasteiger partial charge in [-0.2, -0.15) is 0 Å². The van der Waals surface area contributed by atoms with E-state index in [0.717, 1.165) is 13.1 Å². The molecule has 0 saturated carbocycles. The first-order chi connectivity index (χ1) is 10.9. The van der Waals surface area contributed by atoms with Crippen molar-refractivity contribution < 1.29 is 4.79 Å². The van der Waals surface area contributed by atoms with Crippen LogP contribution < -0.4 is 10.6 Å². The largest absolute Gasteiger partial charge is 0.336 e. The number of likely N-dealkylation sites (tertiary alicyclic amines) is 1. The number of anilines is 1. The summed E-state index contributed by atoms with van der Waals surface area (Å²) in [4.78, 5) is 20.9. The maximum Gasteiger partial charge on any atom is 0.320 e. The molecule has 1 saturated heterocycles. The van der Waals surface area contributed by atoms with Gasteiger partial charge >= 0.3 is 6.03 Å². The monoisotopic (exact) mass is 319 g/mol. The number of pyridine rings is 1. The topological polar surface area (TPSA) is 60.5 Å². The summed E-state index contributed by atoms with van der Waals surface area (Å²) in [5.41, 5.74) is -0.0568. The standard InChI is InChI=1S/C17H29N5O/c1-17(2,22-11-8-14(9-12-22)21(3)4)13-19-16(23)20-15-7-5-6-10-18-15/h5-7,10,14H,8-9,11-13H2,1-4H3,(H2,18,19,20,23). The second-order valence-electron chi connectivity index (χ2n) is 7.02. The Bertz CT molecular complexity index is 495. The Balaban J connectivity index is 1.78. The van der Waals surface area contributed by atoms with Crippen molar-refractivity contribution in [2.75, 3.05) is 39.0 Å². The zero-order valence-electron chi connectivity index (χ0n) is 14.7. The number of carbonyl (C=O) groups excluding carboxylic acids is 1. The van der Waals surface area contributed by atoms with Gasteiger partial charge in [0.2, 0.25) is 0 Å². The third-order valence-electron chi connectivity index (χ3n) is 4.64. The molecule has 1 aliphatic rings. The lowest BCUT2D eigenvalue weighted by Gasteiger charge is -2.44. The maximum atomic E-state index is 12.0. The van der Waals surface area contributed by atoms with Crippen molar-refractivity contribution in [1.29, 1.82) is 0 Å². The van der Waals surface area contributed by atoms with Crippen LogP contribution in [0.5, 0.6) is 0 Å². The molecule has 23 heavy (non-hydrogen) atoms. The smallest absolute Gasteiger partial charge is 0.320 e. The lowest BCUT2D eigenvalue weighted by atomic mass is 9.96. The number of amides is 2. The molecule has 2 amide bonds. The molecule has 1 fully saturated rings. The molecule has 0 radical (unpaired) electrons. The normalized spacial score (nSPS) is 17.3. The van der Waals surface area contributed by atoms with Gasteiger partial charge in [-0.05, 0) is 52.9 Å². The number of piperidine rings is 1. The van der Waals surface area contributed by atoms with Crippen molar-refractivity contribution in [3.8, 4) is 0 Å². The molecule has 6 heteroatoms. The molecule has 128 valence electrons. The quantitative estimate of drug-likeness (QED) is 0.871. The molecule has 2 rings (SSSR count). The number of rotatable bonds is 5. The molecule has 2 heterocycles. The van der Waals surface area contributed by atoms with Crippen molar-refractivity contribution in [2.24, 2.45) is 0 Å². The number of urea groups is 1. The predicted molar refractivity (Wildman–Crippen MR) is 93.6 cm³/mol. The van der Waals surface area contributed by atoms with Crippen molar-refractivity contribution >= 4 is 11.8 Å². The van der Waals surface area contributed by atoms with Crippen molar-refractivity contribution in [3.05, 3.63) is 24.4 Å². The number of nitrogens with one attached hydrogen (secondary N) is 2. The minimum Gasteiger partial charge on any atom is -0.336 e. The minimum absolute atomic E-state index is 0.0568. The highest BCUT2D eigenvalue weighted by Gasteiger charge is 2.31. The van der Waals surface area contributed by atoms with E-state index in [0.29, 0.717) is 18.4 Å². The Morgan fingerprint density at radius 3 is 2.61 bits per heavy atom. The molecule has 6 nitrogen and oxygen atoms in total. The number of hydrogen-bond donors (Lipinski definition) is 2. The number of aromatic nitrogens is 1. The highest BCUT2D eigenvalue weighted by Crippen LogP contribution is 2.22.